The molecule has 7 heteroatoms. The van der Waals surface area contributed by atoms with Gasteiger partial charge in [-0.2, -0.15) is 0 Å². The lowest BCUT2D eigenvalue weighted by molar-refractivity contribution is -0.0433. The fourth-order valence-electron chi connectivity index (χ4n) is 2.09. The number of halogens is 1. The lowest BCUT2D eigenvalue weighted by atomic mass is 10.1. The number of morpholine rings is 1. The molecule has 23 heavy (non-hydrogen) atoms. The molecule has 0 aliphatic carbocycles. The van der Waals surface area contributed by atoms with Crippen LogP contribution in [0.3, 0.4) is 0 Å². The van der Waals surface area contributed by atoms with Crippen LogP contribution in [0.5, 0.6) is 0 Å². The highest BCUT2D eigenvalue weighted by Gasteiger charge is 2.29. The minimum absolute atomic E-state index is 0.0959. The molecule has 0 spiro atoms. The van der Waals surface area contributed by atoms with Gasteiger partial charge in [0.05, 0.1) is 18.8 Å². The van der Waals surface area contributed by atoms with Crippen LogP contribution in [-0.2, 0) is 9.47 Å². The number of rotatable bonds is 1. The Morgan fingerprint density at radius 1 is 1.43 bits per heavy atom. The maximum absolute atomic E-state index is 13.5. The summed E-state index contributed by atoms with van der Waals surface area (Å²) in [7, 11) is 1.00. The summed E-state index contributed by atoms with van der Waals surface area (Å²) in [5.74, 6) is -0.481. The summed E-state index contributed by atoms with van der Waals surface area (Å²) in [6, 6.07) is 4.56. The van der Waals surface area contributed by atoms with Crippen molar-refractivity contribution in [1.29, 1.82) is 0 Å². The molecule has 0 radical (unpaired) electrons. The zero-order valence-electron chi connectivity index (χ0n) is 14.0. The summed E-state index contributed by atoms with van der Waals surface area (Å²) < 4.78 is 24.5. The molecule has 2 rings (SSSR count). The van der Waals surface area contributed by atoms with Crippen LogP contribution in [0.4, 0.5) is 14.9 Å². The molecule has 1 aromatic carbocycles. The smallest absolute Gasteiger partial charge is 0.410 e. The van der Waals surface area contributed by atoms with Crippen molar-refractivity contribution in [1.82, 2.24) is 4.90 Å². The minimum Gasteiger partial charge on any atom is -0.444 e. The first-order valence-corrected chi connectivity index (χ1v) is 7.35. The van der Waals surface area contributed by atoms with Gasteiger partial charge in [0.15, 0.2) is 0 Å². The zero-order valence-corrected chi connectivity index (χ0v) is 14.0. The first kappa shape index (κ1) is 19.2. The number of amides is 1. The second-order valence-electron chi connectivity index (χ2n) is 6.07. The number of ether oxygens (including phenoxy) is 2. The largest absolute Gasteiger partial charge is 0.444 e. The number of anilines is 1. The second kappa shape index (κ2) is 8.12. The average Bonchev–Trinajstić information content (AvgIpc) is 2.50. The number of nitrogen functional groups attached to an aromatic ring is 1. The molecule has 0 bridgehead atoms. The Labute approximate surface area is 136 Å². The van der Waals surface area contributed by atoms with Gasteiger partial charge in [0.2, 0.25) is 0 Å². The fourth-order valence-corrected chi connectivity index (χ4v) is 2.09. The van der Waals surface area contributed by atoms with E-state index in [1.54, 1.807) is 11.0 Å². The number of nitrogens with two attached hydrogens (primary N) is 1. The molecule has 1 amide bonds. The van der Waals surface area contributed by atoms with Gasteiger partial charge in [0.25, 0.3) is 0 Å². The Hall–Kier alpha value is -1.86. The van der Waals surface area contributed by atoms with Gasteiger partial charge in [0, 0.05) is 13.7 Å². The quantitative estimate of drug-likeness (QED) is 0.773. The molecular weight excluding hydrogens is 303 g/mol. The van der Waals surface area contributed by atoms with Crippen LogP contribution in [0.1, 0.15) is 32.4 Å². The number of benzene rings is 1. The predicted molar refractivity (Wildman–Crippen MR) is 85.5 cm³/mol. The van der Waals surface area contributed by atoms with Crippen molar-refractivity contribution < 1.29 is 23.8 Å². The summed E-state index contributed by atoms with van der Waals surface area (Å²) >= 11 is 0. The van der Waals surface area contributed by atoms with Crippen LogP contribution < -0.4 is 5.73 Å². The van der Waals surface area contributed by atoms with Crippen molar-refractivity contribution in [2.75, 3.05) is 32.5 Å². The van der Waals surface area contributed by atoms with E-state index in [0.29, 0.717) is 25.3 Å². The SMILES string of the molecule is CC(C)(C)OC(=O)N1CCOC(c2ccc(N)c(F)c2)C1.CO. The summed E-state index contributed by atoms with van der Waals surface area (Å²) in [6.45, 7) is 6.63. The Bertz CT molecular complexity index is 531. The number of aliphatic hydroxyl groups is 1. The highest BCUT2D eigenvalue weighted by molar-refractivity contribution is 5.68. The van der Waals surface area contributed by atoms with E-state index < -0.39 is 11.4 Å². The predicted octanol–water partition coefficient (Wildman–Crippen LogP) is 2.32. The third-order valence-electron chi connectivity index (χ3n) is 3.11. The number of aliphatic hydroxyl groups excluding tert-OH is 1. The lowest BCUT2D eigenvalue weighted by Gasteiger charge is -2.34. The molecule has 1 heterocycles. The average molecular weight is 328 g/mol. The first-order chi connectivity index (χ1) is 10.8. The van der Waals surface area contributed by atoms with Crippen molar-refractivity contribution in [3.05, 3.63) is 29.6 Å². The van der Waals surface area contributed by atoms with Crippen molar-refractivity contribution in [2.45, 2.75) is 32.5 Å². The van der Waals surface area contributed by atoms with E-state index in [1.165, 1.54) is 12.1 Å². The Balaban J connectivity index is 0.00000127. The molecule has 1 aliphatic heterocycles. The monoisotopic (exact) mass is 328 g/mol. The number of carbonyl (C=O) groups is 1. The van der Waals surface area contributed by atoms with E-state index in [2.05, 4.69) is 0 Å². The second-order valence-corrected chi connectivity index (χ2v) is 6.07. The number of hydrogen-bond acceptors (Lipinski definition) is 5. The van der Waals surface area contributed by atoms with Gasteiger partial charge in [-0.15, -0.1) is 0 Å². The van der Waals surface area contributed by atoms with Crippen molar-refractivity contribution in [2.24, 2.45) is 0 Å². The lowest BCUT2D eigenvalue weighted by Crippen LogP contribution is -2.44. The van der Waals surface area contributed by atoms with Crippen LogP contribution in [0.25, 0.3) is 0 Å². The Morgan fingerprint density at radius 3 is 2.65 bits per heavy atom. The van der Waals surface area contributed by atoms with Crippen molar-refractivity contribution in [3.63, 3.8) is 0 Å². The Morgan fingerprint density at radius 2 is 2.09 bits per heavy atom. The fraction of sp³-hybridized carbons (Fsp3) is 0.562. The normalized spacial score (nSPS) is 18.0. The van der Waals surface area contributed by atoms with E-state index in [4.69, 9.17) is 20.3 Å². The number of nitrogens with zero attached hydrogens (tertiary/aromatic N) is 1. The van der Waals surface area contributed by atoms with Crippen LogP contribution >= 0.6 is 0 Å². The molecule has 1 atom stereocenters. The molecule has 1 aromatic rings. The summed E-state index contributed by atoms with van der Waals surface area (Å²) in [5.41, 5.74) is 5.68. The number of hydrogen-bond donors (Lipinski definition) is 2. The first-order valence-electron chi connectivity index (χ1n) is 7.35. The highest BCUT2D eigenvalue weighted by atomic mass is 19.1. The molecule has 6 nitrogen and oxygen atoms in total. The van der Waals surface area contributed by atoms with Gasteiger partial charge in [-0.25, -0.2) is 9.18 Å². The highest BCUT2D eigenvalue weighted by Crippen LogP contribution is 2.25. The Kier molecular flexibility index (Phi) is 6.78. The molecule has 0 saturated carbocycles. The van der Waals surface area contributed by atoms with E-state index >= 15 is 0 Å². The van der Waals surface area contributed by atoms with Crippen LogP contribution in [0, 0.1) is 5.82 Å². The molecule has 0 aromatic heterocycles. The van der Waals surface area contributed by atoms with Gasteiger partial charge in [-0.1, -0.05) is 6.07 Å². The maximum atomic E-state index is 13.5. The molecule has 1 unspecified atom stereocenters. The van der Waals surface area contributed by atoms with Gasteiger partial charge in [-0.05, 0) is 38.5 Å². The molecule has 1 saturated heterocycles. The third kappa shape index (κ3) is 5.69. The standard InChI is InChI=1S/C15H21FN2O3.CH4O/c1-15(2,3)21-14(19)18-6-7-20-13(9-18)10-4-5-12(17)11(16)8-10;1-2/h4-5,8,13H,6-7,9,17H2,1-3H3;2H,1H3. The van der Waals surface area contributed by atoms with Gasteiger partial charge in [0.1, 0.15) is 17.5 Å². The molecule has 3 N–H and O–H groups in total. The van der Waals surface area contributed by atoms with Crippen molar-refractivity contribution >= 4 is 11.8 Å². The summed E-state index contributed by atoms with van der Waals surface area (Å²) in [6.07, 6.45) is -0.756. The minimum atomic E-state index is -0.543. The molecular formula is C16H25FN2O4. The zero-order chi connectivity index (χ0) is 17.6. The van der Waals surface area contributed by atoms with Crippen LogP contribution in [-0.4, -0.2) is 48.5 Å². The topological polar surface area (TPSA) is 85.0 Å². The van der Waals surface area contributed by atoms with Gasteiger partial charge >= 0.3 is 6.09 Å². The number of carbonyl (C=O) groups excluding carboxylic acids is 1. The molecule has 1 aliphatic rings. The third-order valence-corrected chi connectivity index (χ3v) is 3.11. The molecule has 130 valence electrons. The van der Waals surface area contributed by atoms with Crippen molar-refractivity contribution in [3.8, 4) is 0 Å². The maximum Gasteiger partial charge on any atom is 0.410 e. The summed E-state index contributed by atoms with van der Waals surface area (Å²) in [4.78, 5) is 13.6. The summed E-state index contributed by atoms with van der Waals surface area (Å²) in [5, 5.41) is 7.00. The van der Waals surface area contributed by atoms with Gasteiger partial charge < -0.3 is 25.2 Å². The van der Waals surface area contributed by atoms with E-state index in [9.17, 15) is 9.18 Å². The van der Waals surface area contributed by atoms with E-state index in [0.717, 1.165) is 7.11 Å². The van der Waals surface area contributed by atoms with E-state index in [1.807, 2.05) is 20.8 Å². The van der Waals surface area contributed by atoms with Gasteiger partial charge in [-0.3, -0.25) is 0 Å². The van der Waals surface area contributed by atoms with Crippen LogP contribution in [0.2, 0.25) is 0 Å². The van der Waals surface area contributed by atoms with E-state index in [-0.39, 0.29) is 17.9 Å². The molecule has 1 fully saturated rings. The van der Waals surface area contributed by atoms with Crippen LogP contribution in [0.15, 0.2) is 18.2 Å².